The summed E-state index contributed by atoms with van der Waals surface area (Å²) in [4.78, 5) is 3.99. The molecule has 2 nitrogen and oxygen atoms in total. The van der Waals surface area contributed by atoms with Crippen molar-refractivity contribution in [2.45, 2.75) is 51.9 Å². The molecule has 0 aliphatic rings. The minimum Gasteiger partial charge on any atom is -0.263 e. The van der Waals surface area contributed by atoms with Crippen LogP contribution in [0.1, 0.15) is 63.0 Å². The van der Waals surface area contributed by atoms with E-state index < -0.39 is 0 Å². The van der Waals surface area contributed by atoms with Crippen LogP contribution in [0, 0.1) is 11.3 Å². The second kappa shape index (κ2) is 7.00. The number of hydrogen-bond donors (Lipinski definition) is 0. The molecule has 0 aliphatic carbocycles. The molecule has 0 bridgehead atoms. The normalized spacial score (nSPS) is 12.1. The lowest BCUT2D eigenvalue weighted by Crippen LogP contribution is -1.98. The van der Waals surface area contributed by atoms with E-state index in [0.717, 1.165) is 11.1 Å². The fourth-order valence-corrected chi connectivity index (χ4v) is 1.96. The van der Waals surface area contributed by atoms with Gasteiger partial charge in [-0.05, 0) is 24.0 Å². The largest absolute Gasteiger partial charge is 0.263 e. The van der Waals surface area contributed by atoms with E-state index in [1.807, 2.05) is 6.07 Å². The van der Waals surface area contributed by atoms with Crippen LogP contribution in [0.2, 0.25) is 0 Å². The topological polar surface area (TPSA) is 36.7 Å². The lowest BCUT2D eigenvalue weighted by Gasteiger charge is -2.12. The van der Waals surface area contributed by atoms with Crippen molar-refractivity contribution in [3.8, 4) is 6.07 Å². The van der Waals surface area contributed by atoms with Gasteiger partial charge in [0, 0.05) is 12.4 Å². The Morgan fingerprint density at radius 2 is 2.19 bits per heavy atom. The lowest BCUT2D eigenvalue weighted by atomic mass is 9.93. The number of nitriles is 1. The maximum atomic E-state index is 8.99. The van der Waals surface area contributed by atoms with Crippen molar-refractivity contribution in [3.05, 3.63) is 29.6 Å². The Morgan fingerprint density at radius 1 is 1.38 bits per heavy atom. The Labute approximate surface area is 98.3 Å². The highest BCUT2D eigenvalue weighted by atomic mass is 14.6. The highest BCUT2D eigenvalue weighted by molar-refractivity contribution is 5.36. The summed E-state index contributed by atoms with van der Waals surface area (Å²) in [6.07, 6.45) is 9.74. The van der Waals surface area contributed by atoms with E-state index in [9.17, 15) is 0 Å². The van der Waals surface area contributed by atoms with E-state index in [-0.39, 0.29) is 0 Å². The number of hydrogen-bond acceptors (Lipinski definition) is 2. The van der Waals surface area contributed by atoms with Crippen LogP contribution >= 0.6 is 0 Å². The average Bonchev–Trinajstić information content (AvgIpc) is 2.34. The maximum Gasteiger partial charge on any atom is 0.101 e. The zero-order valence-corrected chi connectivity index (χ0v) is 10.2. The minimum absolute atomic E-state index is 0.467. The van der Waals surface area contributed by atoms with E-state index in [0.29, 0.717) is 5.92 Å². The number of nitrogens with zero attached hydrogens (tertiary/aromatic N) is 2. The molecule has 0 saturated carbocycles. The summed E-state index contributed by atoms with van der Waals surface area (Å²) in [5.41, 5.74) is 1.87. The first kappa shape index (κ1) is 12.7. The van der Waals surface area contributed by atoms with Gasteiger partial charge in [-0.1, -0.05) is 39.5 Å². The SMILES string of the molecule is CCCCCCC(C)c1ccncc1C#N. The lowest BCUT2D eigenvalue weighted by molar-refractivity contribution is 0.579. The van der Waals surface area contributed by atoms with Crippen molar-refractivity contribution < 1.29 is 0 Å². The first-order chi connectivity index (χ1) is 7.79. The van der Waals surface area contributed by atoms with E-state index in [1.165, 1.54) is 32.1 Å². The third-order valence-electron chi connectivity index (χ3n) is 3.00. The highest BCUT2D eigenvalue weighted by Gasteiger charge is 2.09. The second-order valence-electron chi connectivity index (χ2n) is 4.33. The summed E-state index contributed by atoms with van der Waals surface area (Å²) in [6.45, 7) is 4.42. The Kier molecular flexibility index (Phi) is 5.56. The van der Waals surface area contributed by atoms with Gasteiger partial charge in [0.1, 0.15) is 6.07 Å². The van der Waals surface area contributed by atoms with Crippen molar-refractivity contribution in [2.75, 3.05) is 0 Å². The van der Waals surface area contributed by atoms with Crippen LogP contribution in [0.15, 0.2) is 18.5 Å². The van der Waals surface area contributed by atoms with Gasteiger partial charge in [0.05, 0.1) is 5.56 Å². The van der Waals surface area contributed by atoms with Gasteiger partial charge in [0.15, 0.2) is 0 Å². The molecule has 0 saturated heterocycles. The Balaban J connectivity index is 2.52. The van der Waals surface area contributed by atoms with E-state index >= 15 is 0 Å². The van der Waals surface area contributed by atoms with Gasteiger partial charge in [0.2, 0.25) is 0 Å². The van der Waals surface area contributed by atoms with E-state index in [1.54, 1.807) is 12.4 Å². The number of unbranched alkanes of at least 4 members (excludes halogenated alkanes) is 3. The zero-order chi connectivity index (χ0) is 11.8. The molecule has 1 aromatic heterocycles. The first-order valence-corrected chi connectivity index (χ1v) is 6.13. The van der Waals surface area contributed by atoms with Crippen LogP contribution in [0.25, 0.3) is 0 Å². The monoisotopic (exact) mass is 216 g/mol. The molecule has 1 unspecified atom stereocenters. The third kappa shape index (κ3) is 3.66. The third-order valence-corrected chi connectivity index (χ3v) is 3.00. The fourth-order valence-electron chi connectivity index (χ4n) is 1.96. The van der Waals surface area contributed by atoms with Gasteiger partial charge in [-0.15, -0.1) is 0 Å². The molecule has 0 aliphatic heterocycles. The number of pyridine rings is 1. The number of rotatable bonds is 6. The molecular formula is C14H20N2. The average molecular weight is 216 g/mol. The van der Waals surface area contributed by atoms with Gasteiger partial charge >= 0.3 is 0 Å². The summed E-state index contributed by atoms with van der Waals surface area (Å²) in [5, 5.41) is 8.99. The fraction of sp³-hybridized carbons (Fsp3) is 0.571. The predicted octanol–water partition coefficient (Wildman–Crippen LogP) is 4.03. The van der Waals surface area contributed by atoms with Crippen molar-refractivity contribution in [1.29, 1.82) is 5.26 Å². The highest BCUT2D eigenvalue weighted by Crippen LogP contribution is 2.24. The minimum atomic E-state index is 0.467. The van der Waals surface area contributed by atoms with Crippen LogP contribution in [0.4, 0.5) is 0 Å². The Hall–Kier alpha value is -1.36. The van der Waals surface area contributed by atoms with Crippen molar-refractivity contribution in [2.24, 2.45) is 0 Å². The molecule has 16 heavy (non-hydrogen) atoms. The summed E-state index contributed by atoms with van der Waals surface area (Å²) in [5.74, 6) is 0.467. The predicted molar refractivity (Wildman–Crippen MR) is 66.1 cm³/mol. The van der Waals surface area contributed by atoms with Gasteiger partial charge < -0.3 is 0 Å². The quantitative estimate of drug-likeness (QED) is 0.673. The molecule has 1 atom stereocenters. The summed E-state index contributed by atoms with van der Waals surface area (Å²) >= 11 is 0. The van der Waals surface area contributed by atoms with Crippen LogP contribution in [-0.2, 0) is 0 Å². The Morgan fingerprint density at radius 3 is 2.88 bits per heavy atom. The van der Waals surface area contributed by atoms with Gasteiger partial charge in [0.25, 0.3) is 0 Å². The molecule has 0 N–H and O–H groups in total. The standard InChI is InChI=1S/C14H20N2/c1-3-4-5-6-7-12(2)14-8-9-16-11-13(14)10-15/h8-9,11-12H,3-7H2,1-2H3. The summed E-state index contributed by atoms with van der Waals surface area (Å²) in [7, 11) is 0. The molecule has 2 heteroatoms. The molecule has 0 spiro atoms. The van der Waals surface area contributed by atoms with Crippen LogP contribution in [-0.4, -0.2) is 4.98 Å². The van der Waals surface area contributed by atoms with Gasteiger partial charge in [-0.25, -0.2) is 0 Å². The van der Waals surface area contributed by atoms with E-state index in [4.69, 9.17) is 5.26 Å². The smallest absolute Gasteiger partial charge is 0.101 e. The molecular weight excluding hydrogens is 196 g/mol. The van der Waals surface area contributed by atoms with Crippen LogP contribution in [0.5, 0.6) is 0 Å². The summed E-state index contributed by atoms with van der Waals surface area (Å²) < 4.78 is 0. The molecule has 1 rings (SSSR count). The summed E-state index contributed by atoms with van der Waals surface area (Å²) in [6, 6.07) is 4.19. The van der Waals surface area contributed by atoms with Crippen LogP contribution in [0.3, 0.4) is 0 Å². The molecule has 0 amide bonds. The molecule has 0 radical (unpaired) electrons. The maximum absolute atomic E-state index is 8.99. The molecule has 1 heterocycles. The van der Waals surface area contributed by atoms with E-state index in [2.05, 4.69) is 24.9 Å². The zero-order valence-electron chi connectivity index (χ0n) is 10.2. The Bertz CT molecular complexity index is 352. The first-order valence-electron chi connectivity index (χ1n) is 6.13. The molecule has 1 aromatic rings. The van der Waals surface area contributed by atoms with Crippen LogP contribution < -0.4 is 0 Å². The van der Waals surface area contributed by atoms with Crippen molar-refractivity contribution in [3.63, 3.8) is 0 Å². The van der Waals surface area contributed by atoms with Gasteiger partial charge in [-0.2, -0.15) is 5.26 Å². The van der Waals surface area contributed by atoms with Crippen molar-refractivity contribution >= 4 is 0 Å². The van der Waals surface area contributed by atoms with Crippen molar-refractivity contribution in [1.82, 2.24) is 4.98 Å². The van der Waals surface area contributed by atoms with Gasteiger partial charge in [-0.3, -0.25) is 4.98 Å². The number of aromatic nitrogens is 1. The molecule has 86 valence electrons. The molecule has 0 aromatic carbocycles. The second-order valence-corrected chi connectivity index (χ2v) is 4.33. The molecule has 0 fully saturated rings.